The Morgan fingerprint density at radius 1 is 0.295 bits per heavy atom. The van der Waals surface area contributed by atoms with E-state index in [9.17, 15) is 30.3 Å². The van der Waals surface area contributed by atoms with Crippen molar-refractivity contribution >= 4 is 0 Å². The minimum atomic E-state index is -6.88. The van der Waals surface area contributed by atoms with E-state index in [0.717, 1.165) is 74.5 Å². The van der Waals surface area contributed by atoms with Crippen molar-refractivity contribution in [3.63, 3.8) is 0 Å². The van der Waals surface area contributed by atoms with Crippen LogP contribution in [0, 0.1) is 184 Å². The average Bonchev–Trinajstić information content (AvgIpc) is 3.05. The molecule has 0 N–H and O–H groups in total. The van der Waals surface area contributed by atoms with Crippen molar-refractivity contribution in [3.05, 3.63) is 30.3 Å². The molecule has 0 aromatic carbocycles. The van der Waals surface area contributed by atoms with Gasteiger partial charge in [0.25, 0.3) is 0 Å². The number of hydrogen-bond donors (Lipinski definition) is 0. The molecular weight excluding hydrogens is 808 g/mol. The molecule has 0 unspecified atom stereocenters. The summed E-state index contributed by atoms with van der Waals surface area (Å²) in [5.74, 6) is 0. The molecule has 0 aliphatic heterocycles. The topological polar surface area (TPSA) is 486 Å². The van der Waals surface area contributed by atoms with Crippen molar-refractivity contribution < 1.29 is 78.8 Å². The molecule has 0 aliphatic carbocycles. The van der Waals surface area contributed by atoms with Crippen LogP contribution in [0.3, 0.4) is 0 Å². The van der Waals surface area contributed by atoms with Crippen molar-refractivity contribution in [3.8, 4) is 74.5 Å². The molecule has 44 heavy (non-hydrogen) atoms. The summed E-state index contributed by atoms with van der Waals surface area (Å²) in [6.07, 6.45) is 0. The van der Waals surface area contributed by atoms with Crippen LogP contribution in [-0.4, -0.2) is 11.8 Å². The van der Waals surface area contributed by atoms with Crippen LogP contribution in [0.1, 0.15) is 0 Å². The van der Waals surface area contributed by atoms with Gasteiger partial charge in [0, 0.05) is 0 Å². The molecule has 0 aromatic heterocycles. The summed E-state index contributed by atoms with van der Waals surface area (Å²) in [7, 11) is -20.6. The van der Waals surface area contributed by atoms with Crippen LogP contribution in [0.15, 0.2) is 0 Å². The largest absolute Gasteiger partial charge is 3.00 e. The average molecular weight is 808 g/mol. The van der Waals surface area contributed by atoms with Crippen molar-refractivity contribution in [2.45, 2.75) is 0 Å². The van der Waals surface area contributed by atoms with E-state index in [1.807, 2.05) is 0 Å². The van der Waals surface area contributed by atoms with Crippen molar-refractivity contribution in [2.24, 2.45) is 0 Å². The van der Waals surface area contributed by atoms with Crippen molar-refractivity contribution in [2.75, 3.05) is 0 Å². The van der Waals surface area contributed by atoms with Gasteiger partial charge in [0.2, 0.25) is 0 Å². The molecule has 0 aromatic rings. The fourth-order valence-corrected chi connectivity index (χ4v) is 3.97. The van der Waals surface area contributed by atoms with E-state index in [1.54, 1.807) is 0 Å². The Bertz CT molecular complexity index is 1560. The van der Waals surface area contributed by atoms with Crippen LogP contribution in [0.4, 0.5) is 0 Å². The molecule has 29 heteroatoms. The van der Waals surface area contributed by atoms with E-state index in [1.165, 1.54) is 0 Å². The van der Waals surface area contributed by atoms with Crippen LogP contribution in [0.2, 0.25) is 0 Å². The maximum absolute atomic E-state index is 10.6. The van der Waals surface area contributed by atoms with Crippen LogP contribution >= 0.6 is 0 Å². The first-order valence-corrected chi connectivity index (χ1v) is 17.3. The summed E-state index contributed by atoms with van der Waals surface area (Å²) in [4.78, 5) is 42.9. The summed E-state index contributed by atoms with van der Waals surface area (Å²) < 4.78 is -4.96. The van der Waals surface area contributed by atoms with E-state index >= 15 is 0 Å². The maximum atomic E-state index is 10.6. The van der Waals surface area contributed by atoms with Gasteiger partial charge in [-0.3, -0.25) is 0 Å². The number of hydrogen-bond acceptors (Lipinski definition) is 21. The van der Waals surface area contributed by atoms with Crippen LogP contribution in [0.5, 0.6) is 0 Å². The normalized spacial score (nSPS) is 13.0. The molecule has 0 amide bonds. The fourth-order valence-electron chi connectivity index (χ4n) is 0.963. The first-order valence-electron chi connectivity index (χ1n) is 7.58. The third-order valence-electron chi connectivity index (χ3n) is 3.87. The van der Waals surface area contributed by atoms with E-state index in [4.69, 9.17) is 78.9 Å². The molecule has 0 saturated heterocycles. The second-order valence-electron chi connectivity index (χ2n) is 5.63. The predicted octanol–water partition coefficient (Wildman–Crippen LogP) is -0.579. The zero-order valence-electron chi connectivity index (χ0n) is 19.8. The Morgan fingerprint density at radius 2 is 0.364 bits per heavy atom. The number of rotatable bonds is 3. The number of nitro groups is 3. The Kier molecular flexibility index (Phi) is 12.3. The zero-order valence-corrected chi connectivity index (χ0v) is 25.3. The van der Waals surface area contributed by atoms with Gasteiger partial charge in [0.15, 0.2) is 0 Å². The molecule has 0 saturated carbocycles. The summed E-state index contributed by atoms with van der Waals surface area (Å²) in [5.41, 5.74) is 0. The predicted molar refractivity (Wildman–Crippen MR) is 105 cm³/mol. The second kappa shape index (κ2) is 11.6. The van der Waals surface area contributed by atoms with Gasteiger partial charge < -0.3 is 0 Å². The summed E-state index contributed by atoms with van der Waals surface area (Å²) in [6.45, 7) is 0. The fraction of sp³-hybridized carbons (Fsp3) is 0. The van der Waals surface area contributed by atoms with E-state index in [2.05, 4.69) is 0 Å². The molecule has 2 radical (unpaired) electrons. The zero-order chi connectivity index (χ0) is 34.6. The van der Waals surface area contributed by atoms with Gasteiger partial charge in [-0.05, 0) is 0 Å². The molecule has 226 valence electrons. The van der Waals surface area contributed by atoms with Gasteiger partial charge in [-0.2, -0.15) is 0 Å². The van der Waals surface area contributed by atoms with Gasteiger partial charge in [0.05, 0.1) is 0 Å². The first kappa shape index (κ1) is 47.0. The SMILES string of the molecule is N#[C][Fe-2]([C]#N)([C]#N)([C]#N)([C]#N)[N+](=O)[O-].N#[C][Fe-2]([C]#N)([C]#N)([C]#N)([C]#N)[N+](=O)[O-].N#[C][Fe-2]([C]#N)([C]#N)([C]#N)([C]#N)[N+](=O)[O-].[Fe+3].[Fe+3]. The van der Waals surface area contributed by atoms with Gasteiger partial charge in [-0.1, -0.05) is 0 Å². The first-order chi connectivity index (χ1) is 19.1. The molecule has 0 spiro atoms. The summed E-state index contributed by atoms with van der Waals surface area (Å²) in [5, 5.41) is 160. The monoisotopic (exact) mass is 808 g/mol. The van der Waals surface area contributed by atoms with E-state index in [0.29, 0.717) is 0 Å². The molecule has 0 bridgehead atoms. The van der Waals surface area contributed by atoms with Crippen molar-refractivity contribution in [1.82, 2.24) is 0 Å². The van der Waals surface area contributed by atoms with Crippen LogP contribution in [-0.2, 0) is 67.0 Å². The smallest absolute Gasteiger partial charge is 3.00 e. The Balaban J connectivity index is -0.000000169. The summed E-state index contributed by atoms with van der Waals surface area (Å²) in [6, 6.07) is 0. The third-order valence-corrected chi connectivity index (χ3v) is 16.0. The van der Waals surface area contributed by atoms with Gasteiger partial charge in [0.1, 0.15) is 0 Å². The van der Waals surface area contributed by atoms with Gasteiger partial charge in [-0.15, -0.1) is 0 Å². The Hall–Kier alpha value is -6.85. The van der Waals surface area contributed by atoms with Crippen LogP contribution in [0.25, 0.3) is 0 Å². The van der Waals surface area contributed by atoms with E-state index < -0.39 is 44.7 Å². The minimum Gasteiger partial charge on any atom is 3.00 e. The van der Waals surface area contributed by atoms with Gasteiger partial charge >= 0.3 is 263 Å². The quantitative estimate of drug-likeness (QED) is 0.195. The van der Waals surface area contributed by atoms with Crippen LogP contribution < -0.4 is 0 Å². The third kappa shape index (κ3) is 4.25. The molecule has 0 heterocycles. The standard InChI is InChI=1S/15CN.5Fe.3NO2/c15*1-2;;;;;;3*2-1-3/q;;;;;;;;;;;;;;;3*-2;2*+3;;;. The molecule has 0 aliphatic rings. The van der Waals surface area contributed by atoms with Gasteiger partial charge in [-0.25, -0.2) is 0 Å². The maximum Gasteiger partial charge on any atom is 3.00 e. The summed E-state index contributed by atoms with van der Waals surface area (Å²) >= 11 is 0. The molecular formula is C15Fe5N18O6. The Morgan fingerprint density at radius 3 is 0.364 bits per heavy atom. The number of nitrogens with zero attached hydrogens (tertiary/aromatic N) is 18. The minimum absolute atomic E-state index is 0. The second-order valence-corrected chi connectivity index (χ2v) is 22.5. The van der Waals surface area contributed by atoms with Crippen molar-refractivity contribution in [1.29, 1.82) is 78.9 Å². The molecule has 0 rings (SSSR count). The molecule has 0 atom stereocenters. The molecule has 0 fully saturated rings. The molecule has 24 nitrogen and oxygen atoms in total. The number of nitriles is 15. The Labute approximate surface area is 261 Å². The van der Waals surface area contributed by atoms with E-state index in [-0.39, 0.29) is 34.1 Å².